The van der Waals surface area contributed by atoms with E-state index in [1.165, 1.54) is 51.3 Å². The summed E-state index contributed by atoms with van der Waals surface area (Å²) in [6.07, 6.45) is 2.94. The largest absolute Gasteiger partial charge is 0.369 e. The van der Waals surface area contributed by atoms with Crippen LogP contribution < -0.4 is 4.90 Å². The molecule has 1 aliphatic carbocycles. The lowest BCUT2D eigenvalue weighted by Crippen LogP contribution is -2.47. The first kappa shape index (κ1) is 12.7. The standard InChI is InChI=1S/C14H20N2.ClH/c1-2-4-14(5-3-1)16-10-8-15(9-11-16)12-13-6-7-13;/h1-5,13H,6-12H2;1H. The SMILES string of the molecule is Cl.c1ccc(N2CCN(CC3CC3)CC2)cc1. The first-order valence-electron chi connectivity index (χ1n) is 6.44. The number of para-hydroxylation sites is 1. The first-order valence-corrected chi connectivity index (χ1v) is 6.44. The molecule has 0 atom stereocenters. The van der Waals surface area contributed by atoms with Crippen LogP contribution in [0.15, 0.2) is 30.3 Å². The molecule has 1 aliphatic heterocycles. The van der Waals surface area contributed by atoms with E-state index in [1.54, 1.807) is 0 Å². The summed E-state index contributed by atoms with van der Waals surface area (Å²) in [6.45, 7) is 6.22. The topological polar surface area (TPSA) is 6.48 Å². The first-order chi connectivity index (χ1) is 7.92. The van der Waals surface area contributed by atoms with E-state index >= 15 is 0 Å². The molecule has 0 N–H and O–H groups in total. The Morgan fingerprint density at radius 2 is 1.59 bits per heavy atom. The molecule has 0 radical (unpaired) electrons. The van der Waals surface area contributed by atoms with Crippen molar-refractivity contribution in [2.24, 2.45) is 5.92 Å². The number of hydrogen-bond acceptors (Lipinski definition) is 2. The van der Waals surface area contributed by atoms with Crippen molar-refractivity contribution in [3.63, 3.8) is 0 Å². The van der Waals surface area contributed by atoms with Gasteiger partial charge in [0.2, 0.25) is 0 Å². The number of rotatable bonds is 3. The minimum absolute atomic E-state index is 0. The predicted molar refractivity (Wildman–Crippen MR) is 75.1 cm³/mol. The average molecular weight is 253 g/mol. The van der Waals surface area contributed by atoms with Gasteiger partial charge in [0.1, 0.15) is 0 Å². The highest BCUT2D eigenvalue weighted by Crippen LogP contribution is 2.30. The molecule has 1 saturated heterocycles. The van der Waals surface area contributed by atoms with Gasteiger partial charge in [-0.15, -0.1) is 12.4 Å². The molecule has 2 fully saturated rings. The summed E-state index contributed by atoms with van der Waals surface area (Å²) in [6, 6.07) is 10.8. The second-order valence-electron chi connectivity index (χ2n) is 5.07. The van der Waals surface area contributed by atoms with Crippen molar-refractivity contribution in [3.05, 3.63) is 30.3 Å². The molecule has 1 heterocycles. The van der Waals surface area contributed by atoms with E-state index in [0.717, 1.165) is 5.92 Å². The summed E-state index contributed by atoms with van der Waals surface area (Å²) in [7, 11) is 0. The molecule has 94 valence electrons. The molecule has 0 amide bonds. The van der Waals surface area contributed by atoms with E-state index in [1.807, 2.05) is 0 Å². The van der Waals surface area contributed by atoms with Gasteiger partial charge in [-0.25, -0.2) is 0 Å². The summed E-state index contributed by atoms with van der Waals surface area (Å²) >= 11 is 0. The maximum atomic E-state index is 2.64. The lowest BCUT2D eigenvalue weighted by Gasteiger charge is -2.36. The number of halogens is 1. The zero-order valence-corrected chi connectivity index (χ0v) is 11.0. The monoisotopic (exact) mass is 252 g/mol. The van der Waals surface area contributed by atoms with Gasteiger partial charge in [-0.05, 0) is 30.9 Å². The molecule has 1 aromatic rings. The van der Waals surface area contributed by atoms with Crippen molar-refractivity contribution in [1.29, 1.82) is 0 Å². The summed E-state index contributed by atoms with van der Waals surface area (Å²) in [5, 5.41) is 0. The minimum atomic E-state index is 0. The lowest BCUT2D eigenvalue weighted by atomic mass is 10.2. The van der Waals surface area contributed by atoms with Crippen LogP contribution in [0.2, 0.25) is 0 Å². The molecule has 2 nitrogen and oxygen atoms in total. The van der Waals surface area contributed by atoms with Gasteiger partial charge in [0.15, 0.2) is 0 Å². The van der Waals surface area contributed by atoms with Gasteiger partial charge in [-0.3, -0.25) is 4.90 Å². The molecule has 1 saturated carbocycles. The van der Waals surface area contributed by atoms with Crippen molar-refractivity contribution in [2.75, 3.05) is 37.6 Å². The Kier molecular flexibility index (Phi) is 4.30. The van der Waals surface area contributed by atoms with Crippen LogP contribution in [0.5, 0.6) is 0 Å². The second-order valence-corrected chi connectivity index (χ2v) is 5.07. The summed E-state index contributed by atoms with van der Waals surface area (Å²) in [5.41, 5.74) is 1.38. The second kappa shape index (κ2) is 5.74. The third-order valence-electron chi connectivity index (χ3n) is 3.71. The molecule has 17 heavy (non-hydrogen) atoms. The zero-order valence-electron chi connectivity index (χ0n) is 10.2. The van der Waals surface area contributed by atoms with Crippen LogP contribution in [0.1, 0.15) is 12.8 Å². The van der Waals surface area contributed by atoms with Crippen LogP contribution in [0.4, 0.5) is 5.69 Å². The third kappa shape index (κ3) is 3.36. The van der Waals surface area contributed by atoms with E-state index in [4.69, 9.17) is 0 Å². The number of nitrogens with zero attached hydrogens (tertiary/aromatic N) is 2. The fourth-order valence-electron chi connectivity index (χ4n) is 2.49. The van der Waals surface area contributed by atoms with Gasteiger partial charge >= 0.3 is 0 Å². The van der Waals surface area contributed by atoms with Crippen LogP contribution in [0.3, 0.4) is 0 Å². The quantitative estimate of drug-likeness (QED) is 0.816. The summed E-state index contributed by atoms with van der Waals surface area (Å²) in [4.78, 5) is 5.14. The molecule has 0 bridgehead atoms. The highest BCUT2D eigenvalue weighted by atomic mass is 35.5. The van der Waals surface area contributed by atoms with Crippen molar-refractivity contribution in [3.8, 4) is 0 Å². The van der Waals surface area contributed by atoms with Gasteiger partial charge in [-0.2, -0.15) is 0 Å². The maximum Gasteiger partial charge on any atom is 0.0367 e. The van der Waals surface area contributed by atoms with E-state index in [0.29, 0.717) is 0 Å². The molecule has 0 spiro atoms. The smallest absolute Gasteiger partial charge is 0.0367 e. The van der Waals surface area contributed by atoms with Gasteiger partial charge < -0.3 is 4.90 Å². The fraction of sp³-hybridized carbons (Fsp3) is 0.571. The number of hydrogen-bond donors (Lipinski definition) is 0. The van der Waals surface area contributed by atoms with Crippen LogP contribution in [0.25, 0.3) is 0 Å². The molecular weight excluding hydrogens is 232 g/mol. The predicted octanol–water partition coefficient (Wildman–Crippen LogP) is 2.64. The van der Waals surface area contributed by atoms with Crippen molar-refractivity contribution >= 4 is 18.1 Å². The van der Waals surface area contributed by atoms with Gasteiger partial charge in [-0.1, -0.05) is 18.2 Å². The van der Waals surface area contributed by atoms with E-state index in [2.05, 4.69) is 40.1 Å². The van der Waals surface area contributed by atoms with Crippen LogP contribution in [-0.2, 0) is 0 Å². The van der Waals surface area contributed by atoms with E-state index in [-0.39, 0.29) is 12.4 Å². The molecule has 0 aromatic heterocycles. The zero-order chi connectivity index (χ0) is 10.8. The van der Waals surface area contributed by atoms with Gasteiger partial charge in [0, 0.05) is 38.4 Å². The Hall–Kier alpha value is -0.730. The maximum absolute atomic E-state index is 2.64. The Morgan fingerprint density at radius 3 is 2.18 bits per heavy atom. The molecule has 0 unspecified atom stereocenters. The Labute approximate surface area is 110 Å². The summed E-state index contributed by atoms with van der Waals surface area (Å²) < 4.78 is 0. The highest BCUT2D eigenvalue weighted by Gasteiger charge is 2.26. The van der Waals surface area contributed by atoms with Crippen LogP contribution in [0, 0.1) is 5.92 Å². The number of benzene rings is 1. The Morgan fingerprint density at radius 1 is 0.941 bits per heavy atom. The van der Waals surface area contributed by atoms with Crippen molar-refractivity contribution < 1.29 is 0 Å². The Balaban J connectivity index is 0.00000108. The van der Waals surface area contributed by atoms with Gasteiger partial charge in [0.05, 0.1) is 0 Å². The van der Waals surface area contributed by atoms with Crippen molar-refractivity contribution in [1.82, 2.24) is 4.90 Å². The number of piperazine rings is 1. The highest BCUT2D eigenvalue weighted by molar-refractivity contribution is 5.85. The van der Waals surface area contributed by atoms with Crippen molar-refractivity contribution in [2.45, 2.75) is 12.8 Å². The lowest BCUT2D eigenvalue weighted by molar-refractivity contribution is 0.248. The molecule has 3 heteroatoms. The number of anilines is 1. The third-order valence-corrected chi connectivity index (χ3v) is 3.71. The molecular formula is C14H21ClN2. The molecule has 1 aromatic carbocycles. The minimum Gasteiger partial charge on any atom is -0.369 e. The normalized spacial score (nSPS) is 21.1. The van der Waals surface area contributed by atoms with Crippen LogP contribution in [-0.4, -0.2) is 37.6 Å². The van der Waals surface area contributed by atoms with E-state index in [9.17, 15) is 0 Å². The van der Waals surface area contributed by atoms with E-state index < -0.39 is 0 Å². The molecule has 3 rings (SSSR count). The summed E-state index contributed by atoms with van der Waals surface area (Å²) in [5.74, 6) is 1.03. The van der Waals surface area contributed by atoms with Gasteiger partial charge in [0.25, 0.3) is 0 Å². The molecule has 2 aliphatic rings. The fourth-order valence-corrected chi connectivity index (χ4v) is 2.49. The Bertz CT molecular complexity index is 329. The van der Waals surface area contributed by atoms with Crippen LogP contribution >= 0.6 is 12.4 Å². The average Bonchev–Trinajstić information content (AvgIpc) is 3.15.